The Balaban J connectivity index is 2.09. The summed E-state index contributed by atoms with van der Waals surface area (Å²) in [6.45, 7) is 5.44. The van der Waals surface area contributed by atoms with Gasteiger partial charge in [0.05, 0.1) is 10.7 Å². The minimum Gasteiger partial charge on any atom is -0.326 e. The number of halogens is 2. The van der Waals surface area contributed by atoms with Gasteiger partial charge >= 0.3 is 0 Å². The molecule has 6 heteroatoms. The van der Waals surface area contributed by atoms with Crippen LogP contribution in [-0.2, 0) is 9.59 Å². The van der Waals surface area contributed by atoms with Crippen molar-refractivity contribution in [2.75, 3.05) is 16.8 Å². The highest BCUT2D eigenvalue weighted by atomic mass is 35.5. The van der Waals surface area contributed by atoms with E-state index in [1.54, 1.807) is 6.07 Å². The highest BCUT2D eigenvalue weighted by molar-refractivity contribution is 6.34. The quantitative estimate of drug-likeness (QED) is 0.852. The number of nitrogens with zero attached hydrogens (tertiary/aromatic N) is 1. The van der Waals surface area contributed by atoms with Crippen LogP contribution in [0.25, 0.3) is 0 Å². The standard InChI is InChI=1S/C19H20ClFN2O2/c1-12-10-13(2)19(17(20)11-12)23(14(3)24)9-8-18(25)22-16-6-4-15(21)5-7-16/h4-7,10-11H,8-9H2,1-3H3,(H,22,25). The van der Waals surface area contributed by atoms with E-state index in [1.807, 2.05) is 19.9 Å². The number of nitrogens with one attached hydrogen (secondary N) is 1. The number of anilines is 2. The number of hydrogen-bond donors (Lipinski definition) is 1. The molecule has 0 radical (unpaired) electrons. The minimum absolute atomic E-state index is 0.0978. The van der Waals surface area contributed by atoms with Crippen molar-refractivity contribution in [3.8, 4) is 0 Å². The maximum Gasteiger partial charge on any atom is 0.226 e. The molecule has 0 bridgehead atoms. The van der Waals surface area contributed by atoms with Crippen LogP contribution in [0, 0.1) is 19.7 Å². The number of hydrogen-bond acceptors (Lipinski definition) is 2. The zero-order chi connectivity index (χ0) is 18.6. The van der Waals surface area contributed by atoms with Crippen LogP contribution < -0.4 is 10.2 Å². The molecule has 0 spiro atoms. The summed E-state index contributed by atoms with van der Waals surface area (Å²) in [6, 6.07) is 9.24. The van der Waals surface area contributed by atoms with Gasteiger partial charge in [0.15, 0.2) is 0 Å². The van der Waals surface area contributed by atoms with Crippen molar-refractivity contribution in [3.63, 3.8) is 0 Å². The fraction of sp³-hybridized carbons (Fsp3) is 0.263. The molecule has 0 aliphatic heterocycles. The Labute approximate surface area is 151 Å². The number of rotatable bonds is 5. The van der Waals surface area contributed by atoms with Gasteiger partial charge in [-0.1, -0.05) is 17.7 Å². The molecule has 132 valence electrons. The Morgan fingerprint density at radius 2 is 1.80 bits per heavy atom. The molecule has 25 heavy (non-hydrogen) atoms. The molecule has 0 heterocycles. The highest BCUT2D eigenvalue weighted by Gasteiger charge is 2.18. The molecule has 1 N–H and O–H groups in total. The zero-order valence-electron chi connectivity index (χ0n) is 14.4. The fourth-order valence-corrected chi connectivity index (χ4v) is 3.07. The summed E-state index contributed by atoms with van der Waals surface area (Å²) in [5, 5.41) is 3.16. The molecular weight excluding hydrogens is 343 g/mol. The lowest BCUT2D eigenvalue weighted by Gasteiger charge is -2.24. The van der Waals surface area contributed by atoms with Gasteiger partial charge in [0.2, 0.25) is 11.8 Å². The summed E-state index contributed by atoms with van der Waals surface area (Å²) in [5.74, 6) is -0.826. The third-order valence-corrected chi connectivity index (χ3v) is 4.03. The fourth-order valence-electron chi connectivity index (χ4n) is 2.65. The first-order chi connectivity index (χ1) is 11.8. The molecule has 2 aromatic carbocycles. The average molecular weight is 363 g/mol. The maximum absolute atomic E-state index is 12.9. The molecule has 0 aliphatic rings. The van der Waals surface area contributed by atoms with Crippen LogP contribution in [0.2, 0.25) is 5.02 Å². The number of amides is 2. The molecule has 0 unspecified atom stereocenters. The van der Waals surface area contributed by atoms with Crippen LogP contribution in [0.3, 0.4) is 0 Å². The number of benzene rings is 2. The van der Waals surface area contributed by atoms with E-state index in [0.717, 1.165) is 11.1 Å². The van der Waals surface area contributed by atoms with Crippen LogP contribution >= 0.6 is 11.6 Å². The Hall–Kier alpha value is -2.40. The van der Waals surface area contributed by atoms with Crippen LogP contribution in [0.5, 0.6) is 0 Å². The van der Waals surface area contributed by atoms with Gasteiger partial charge in [-0.15, -0.1) is 0 Å². The summed E-state index contributed by atoms with van der Waals surface area (Å²) >= 11 is 6.30. The molecule has 0 fully saturated rings. The topological polar surface area (TPSA) is 49.4 Å². The average Bonchev–Trinajstić information content (AvgIpc) is 2.51. The third kappa shape index (κ3) is 5.03. The van der Waals surface area contributed by atoms with Crippen molar-refractivity contribution < 1.29 is 14.0 Å². The van der Waals surface area contributed by atoms with Crippen molar-refractivity contribution >= 4 is 34.8 Å². The molecule has 2 aromatic rings. The molecular formula is C19H20ClFN2O2. The van der Waals surface area contributed by atoms with E-state index < -0.39 is 0 Å². The second kappa shape index (κ2) is 8.12. The molecule has 2 rings (SSSR count). The largest absolute Gasteiger partial charge is 0.326 e. The van der Waals surface area contributed by atoms with E-state index in [1.165, 1.54) is 36.1 Å². The predicted molar refractivity (Wildman–Crippen MR) is 98.6 cm³/mol. The SMILES string of the molecule is CC(=O)N(CCC(=O)Nc1ccc(F)cc1)c1c(C)cc(C)cc1Cl. The molecule has 0 aliphatic carbocycles. The van der Waals surface area contributed by atoms with Gasteiger partial charge in [-0.05, 0) is 55.3 Å². The van der Waals surface area contributed by atoms with Crippen LogP contribution in [-0.4, -0.2) is 18.4 Å². The summed E-state index contributed by atoms with van der Waals surface area (Å²) in [5.41, 5.74) is 3.00. The Bertz CT molecular complexity index is 768. The molecule has 2 amide bonds. The lowest BCUT2D eigenvalue weighted by Crippen LogP contribution is -2.32. The van der Waals surface area contributed by atoms with Crippen LogP contribution in [0.4, 0.5) is 15.8 Å². The van der Waals surface area contributed by atoms with Crippen molar-refractivity contribution in [2.45, 2.75) is 27.2 Å². The molecule has 0 saturated carbocycles. The first-order valence-corrected chi connectivity index (χ1v) is 8.26. The third-order valence-electron chi connectivity index (χ3n) is 3.74. The van der Waals surface area contributed by atoms with E-state index in [9.17, 15) is 14.0 Å². The second-order valence-corrected chi connectivity index (χ2v) is 6.30. The summed E-state index contributed by atoms with van der Waals surface area (Å²) in [7, 11) is 0. The Morgan fingerprint density at radius 3 is 2.36 bits per heavy atom. The zero-order valence-corrected chi connectivity index (χ0v) is 15.2. The van der Waals surface area contributed by atoms with Gasteiger partial charge in [0.1, 0.15) is 5.82 Å². The number of aryl methyl sites for hydroxylation is 2. The monoisotopic (exact) mass is 362 g/mol. The van der Waals surface area contributed by atoms with E-state index in [0.29, 0.717) is 16.4 Å². The smallest absolute Gasteiger partial charge is 0.226 e. The van der Waals surface area contributed by atoms with Crippen LogP contribution in [0.15, 0.2) is 36.4 Å². The summed E-state index contributed by atoms with van der Waals surface area (Å²) in [6.07, 6.45) is 0.0978. The molecule has 4 nitrogen and oxygen atoms in total. The molecule has 0 aromatic heterocycles. The van der Waals surface area contributed by atoms with E-state index in [-0.39, 0.29) is 30.6 Å². The predicted octanol–water partition coefficient (Wildman–Crippen LogP) is 4.48. The van der Waals surface area contributed by atoms with E-state index >= 15 is 0 Å². The lowest BCUT2D eigenvalue weighted by molar-refractivity contribution is -0.117. The Kier molecular flexibility index (Phi) is 6.15. The Morgan fingerprint density at radius 1 is 1.16 bits per heavy atom. The molecule has 0 saturated heterocycles. The van der Waals surface area contributed by atoms with Crippen molar-refractivity contribution in [2.24, 2.45) is 0 Å². The highest BCUT2D eigenvalue weighted by Crippen LogP contribution is 2.31. The number of carbonyl (C=O) groups is 2. The number of carbonyl (C=O) groups excluding carboxylic acids is 2. The summed E-state index contributed by atoms with van der Waals surface area (Å²) < 4.78 is 12.9. The summed E-state index contributed by atoms with van der Waals surface area (Å²) in [4.78, 5) is 25.6. The van der Waals surface area contributed by atoms with Gasteiger partial charge in [0, 0.05) is 25.6 Å². The van der Waals surface area contributed by atoms with Crippen LogP contribution in [0.1, 0.15) is 24.5 Å². The minimum atomic E-state index is -0.370. The maximum atomic E-state index is 12.9. The van der Waals surface area contributed by atoms with Crippen molar-refractivity contribution in [3.05, 3.63) is 58.4 Å². The van der Waals surface area contributed by atoms with E-state index in [4.69, 9.17) is 11.6 Å². The van der Waals surface area contributed by atoms with Gasteiger partial charge in [-0.2, -0.15) is 0 Å². The van der Waals surface area contributed by atoms with Gasteiger partial charge in [-0.25, -0.2) is 4.39 Å². The first-order valence-electron chi connectivity index (χ1n) is 7.88. The van der Waals surface area contributed by atoms with E-state index in [2.05, 4.69) is 5.32 Å². The molecule has 0 atom stereocenters. The van der Waals surface area contributed by atoms with Gasteiger partial charge < -0.3 is 10.2 Å². The lowest BCUT2D eigenvalue weighted by atomic mass is 10.1. The second-order valence-electron chi connectivity index (χ2n) is 5.89. The van der Waals surface area contributed by atoms with Gasteiger partial charge in [-0.3, -0.25) is 9.59 Å². The van der Waals surface area contributed by atoms with Crippen molar-refractivity contribution in [1.29, 1.82) is 0 Å². The first kappa shape index (κ1) is 18.9. The van der Waals surface area contributed by atoms with Gasteiger partial charge in [0.25, 0.3) is 0 Å². The normalized spacial score (nSPS) is 10.4. The van der Waals surface area contributed by atoms with Crippen molar-refractivity contribution in [1.82, 2.24) is 0 Å².